The molecule has 2 rings (SSSR count). The minimum Gasteiger partial charge on any atom is -0.357 e. The second-order valence-corrected chi connectivity index (χ2v) is 5.52. The van der Waals surface area contributed by atoms with Crippen molar-refractivity contribution >= 4 is 28.2 Å². The fourth-order valence-electron chi connectivity index (χ4n) is 1.38. The number of aryl methyl sites for hydroxylation is 1. The zero-order chi connectivity index (χ0) is 9.10. The summed E-state index contributed by atoms with van der Waals surface area (Å²) >= 11 is 3.66. The average Bonchev–Trinajstić information content (AvgIpc) is 2.53. The Labute approximate surface area is 86.3 Å². The molecule has 3 nitrogen and oxygen atoms in total. The van der Waals surface area contributed by atoms with E-state index in [1.807, 2.05) is 18.7 Å². The van der Waals surface area contributed by atoms with E-state index in [0.29, 0.717) is 6.04 Å². The summed E-state index contributed by atoms with van der Waals surface area (Å²) in [6.07, 6.45) is 2.59. The molecule has 1 unspecified atom stereocenters. The van der Waals surface area contributed by atoms with E-state index in [-0.39, 0.29) is 0 Å². The van der Waals surface area contributed by atoms with Crippen molar-refractivity contribution in [3.8, 4) is 0 Å². The lowest BCUT2D eigenvalue weighted by Crippen LogP contribution is -2.25. The Balaban J connectivity index is 1.89. The van der Waals surface area contributed by atoms with Crippen LogP contribution in [0.5, 0.6) is 0 Å². The lowest BCUT2D eigenvalue weighted by molar-refractivity contribution is 0.683. The second kappa shape index (κ2) is 4.28. The Morgan fingerprint density at radius 1 is 1.46 bits per heavy atom. The lowest BCUT2D eigenvalue weighted by Gasteiger charge is -2.21. The minimum absolute atomic E-state index is 0.603. The maximum absolute atomic E-state index is 4.06. The van der Waals surface area contributed by atoms with Gasteiger partial charge in [0.1, 0.15) is 5.01 Å². The molecule has 1 fully saturated rings. The maximum Gasteiger partial charge on any atom is 0.205 e. The van der Waals surface area contributed by atoms with Gasteiger partial charge in [-0.3, -0.25) is 0 Å². The molecule has 13 heavy (non-hydrogen) atoms. The molecule has 0 aromatic carbocycles. The van der Waals surface area contributed by atoms with Gasteiger partial charge >= 0.3 is 0 Å². The zero-order valence-electron chi connectivity index (χ0n) is 7.62. The van der Waals surface area contributed by atoms with Crippen molar-refractivity contribution in [1.82, 2.24) is 10.2 Å². The van der Waals surface area contributed by atoms with E-state index in [4.69, 9.17) is 0 Å². The van der Waals surface area contributed by atoms with Gasteiger partial charge < -0.3 is 5.32 Å². The molecule has 0 radical (unpaired) electrons. The van der Waals surface area contributed by atoms with Gasteiger partial charge in [-0.05, 0) is 25.5 Å². The molecule has 1 saturated heterocycles. The van der Waals surface area contributed by atoms with Gasteiger partial charge in [-0.2, -0.15) is 11.8 Å². The molecule has 1 aliphatic heterocycles. The van der Waals surface area contributed by atoms with Crippen molar-refractivity contribution in [2.24, 2.45) is 0 Å². The number of rotatable bonds is 2. The van der Waals surface area contributed by atoms with E-state index in [1.165, 1.54) is 24.3 Å². The van der Waals surface area contributed by atoms with Crippen LogP contribution in [0, 0.1) is 6.92 Å². The number of anilines is 1. The largest absolute Gasteiger partial charge is 0.357 e. The molecule has 1 N–H and O–H groups in total. The molecule has 0 saturated carbocycles. The van der Waals surface area contributed by atoms with Crippen molar-refractivity contribution in [3.63, 3.8) is 0 Å². The Morgan fingerprint density at radius 3 is 3.00 bits per heavy atom. The molecule has 0 aliphatic carbocycles. The molecule has 0 bridgehead atoms. The van der Waals surface area contributed by atoms with Crippen LogP contribution in [0.3, 0.4) is 0 Å². The van der Waals surface area contributed by atoms with E-state index in [9.17, 15) is 0 Å². The van der Waals surface area contributed by atoms with Gasteiger partial charge in [-0.25, -0.2) is 0 Å². The monoisotopic (exact) mass is 215 g/mol. The predicted molar refractivity (Wildman–Crippen MR) is 58.6 cm³/mol. The summed E-state index contributed by atoms with van der Waals surface area (Å²) in [7, 11) is 0. The van der Waals surface area contributed by atoms with Crippen LogP contribution in [-0.2, 0) is 0 Å². The van der Waals surface area contributed by atoms with Gasteiger partial charge in [-0.1, -0.05) is 11.3 Å². The Hall–Kier alpha value is -0.290. The molecule has 5 heteroatoms. The molecule has 72 valence electrons. The van der Waals surface area contributed by atoms with Crippen LogP contribution < -0.4 is 5.32 Å². The first-order valence-corrected chi connectivity index (χ1v) is 6.46. The molecule has 2 heterocycles. The SMILES string of the molecule is Cc1nnc(NC2CCCSC2)s1. The van der Waals surface area contributed by atoms with Gasteiger partial charge in [0.2, 0.25) is 5.13 Å². The molecule has 1 aromatic heterocycles. The van der Waals surface area contributed by atoms with Gasteiger partial charge in [-0.15, -0.1) is 10.2 Å². The summed E-state index contributed by atoms with van der Waals surface area (Å²) in [5, 5.41) is 13.5. The topological polar surface area (TPSA) is 37.8 Å². The Bertz CT molecular complexity index is 268. The van der Waals surface area contributed by atoms with E-state index in [2.05, 4.69) is 15.5 Å². The average molecular weight is 215 g/mol. The second-order valence-electron chi connectivity index (χ2n) is 3.18. The molecule has 0 amide bonds. The third-order valence-corrected chi connectivity index (χ3v) is 4.00. The Morgan fingerprint density at radius 2 is 2.38 bits per heavy atom. The molecule has 1 atom stereocenters. The van der Waals surface area contributed by atoms with Crippen molar-refractivity contribution in [2.45, 2.75) is 25.8 Å². The first-order valence-electron chi connectivity index (χ1n) is 4.49. The summed E-state index contributed by atoms with van der Waals surface area (Å²) in [6, 6.07) is 0.603. The standard InChI is InChI=1S/C8H13N3S2/c1-6-10-11-8(13-6)9-7-3-2-4-12-5-7/h7H,2-5H2,1H3,(H,9,11). The lowest BCUT2D eigenvalue weighted by atomic mass is 10.2. The zero-order valence-corrected chi connectivity index (χ0v) is 9.25. The van der Waals surface area contributed by atoms with E-state index >= 15 is 0 Å². The van der Waals surface area contributed by atoms with Crippen LogP contribution >= 0.6 is 23.1 Å². The first-order chi connectivity index (χ1) is 6.34. The number of nitrogens with zero attached hydrogens (tertiary/aromatic N) is 2. The fraction of sp³-hybridized carbons (Fsp3) is 0.750. The van der Waals surface area contributed by atoms with Crippen LogP contribution in [0.2, 0.25) is 0 Å². The number of aromatic nitrogens is 2. The van der Waals surface area contributed by atoms with Gasteiger partial charge in [0, 0.05) is 11.8 Å². The summed E-state index contributed by atoms with van der Waals surface area (Å²) in [6.45, 7) is 1.98. The highest BCUT2D eigenvalue weighted by Crippen LogP contribution is 2.22. The highest BCUT2D eigenvalue weighted by Gasteiger charge is 2.14. The molecule has 1 aromatic rings. The highest BCUT2D eigenvalue weighted by atomic mass is 32.2. The number of thioether (sulfide) groups is 1. The van der Waals surface area contributed by atoms with Crippen LogP contribution in [0.25, 0.3) is 0 Å². The fourth-order valence-corrected chi connectivity index (χ4v) is 3.12. The van der Waals surface area contributed by atoms with Crippen molar-refractivity contribution in [2.75, 3.05) is 16.8 Å². The van der Waals surface area contributed by atoms with Crippen molar-refractivity contribution < 1.29 is 0 Å². The first kappa shape index (κ1) is 9.27. The molecule has 0 spiro atoms. The smallest absolute Gasteiger partial charge is 0.205 e. The number of hydrogen-bond acceptors (Lipinski definition) is 5. The van der Waals surface area contributed by atoms with E-state index in [0.717, 1.165) is 10.1 Å². The van der Waals surface area contributed by atoms with Gasteiger partial charge in [0.15, 0.2) is 0 Å². The van der Waals surface area contributed by atoms with Crippen molar-refractivity contribution in [1.29, 1.82) is 0 Å². The summed E-state index contributed by atoms with van der Waals surface area (Å²) in [5.41, 5.74) is 0. The summed E-state index contributed by atoms with van der Waals surface area (Å²) in [4.78, 5) is 0. The van der Waals surface area contributed by atoms with Gasteiger partial charge in [0.25, 0.3) is 0 Å². The van der Waals surface area contributed by atoms with E-state index < -0.39 is 0 Å². The van der Waals surface area contributed by atoms with E-state index in [1.54, 1.807) is 11.3 Å². The van der Waals surface area contributed by atoms with Crippen molar-refractivity contribution in [3.05, 3.63) is 5.01 Å². The third-order valence-electron chi connectivity index (χ3n) is 2.01. The summed E-state index contributed by atoms with van der Waals surface area (Å²) in [5.74, 6) is 2.52. The summed E-state index contributed by atoms with van der Waals surface area (Å²) < 4.78 is 0. The number of nitrogens with one attached hydrogen (secondary N) is 1. The Kier molecular flexibility index (Phi) is 3.05. The minimum atomic E-state index is 0.603. The highest BCUT2D eigenvalue weighted by molar-refractivity contribution is 7.99. The number of hydrogen-bond donors (Lipinski definition) is 1. The quantitative estimate of drug-likeness (QED) is 0.820. The normalized spacial score (nSPS) is 23.0. The van der Waals surface area contributed by atoms with Crippen LogP contribution in [0.1, 0.15) is 17.8 Å². The van der Waals surface area contributed by atoms with Crippen LogP contribution in [0.4, 0.5) is 5.13 Å². The van der Waals surface area contributed by atoms with Crippen LogP contribution in [0.15, 0.2) is 0 Å². The molecular weight excluding hydrogens is 202 g/mol. The third kappa shape index (κ3) is 2.57. The molecular formula is C8H13N3S2. The van der Waals surface area contributed by atoms with Crippen LogP contribution in [-0.4, -0.2) is 27.7 Å². The molecule has 1 aliphatic rings. The predicted octanol–water partition coefficient (Wildman–Crippen LogP) is 2.15. The van der Waals surface area contributed by atoms with Gasteiger partial charge in [0.05, 0.1) is 0 Å². The maximum atomic E-state index is 4.06.